The molecule has 2 N–H and O–H groups in total. The van der Waals surface area contributed by atoms with Crippen LogP contribution in [0, 0.1) is 0 Å². The van der Waals surface area contributed by atoms with Crippen LogP contribution in [0.4, 0.5) is 0 Å². The van der Waals surface area contributed by atoms with Crippen LogP contribution in [0.1, 0.15) is 23.3 Å². The number of carbonyl (C=O) groups is 1. The smallest absolute Gasteiger partial charge is 0.274 e. The molecule has 1 fully saturated rings. The number of hydrogen-bond donors (Lipinski definition) is 1. The second-order valence-corrected chi connectivity index (χ2v) is 5.69. The summed E-state index contributed by atoms with van der Waals surface area (Å²) in [4.78, 5) is 14.2. The van der Waals surface area contributed by atoms with Crippen LogP contribution in [0.5, 0.6) is 0 Å². The van der Waals surface area contributed by atoms with Crippen LogP contribution in [0.2, 0.25) is 5.02 Å². The Kier molecular flexibility index (Phi) is 5.45. The van der Waals surface area contributed by atoms with Gasteiger partial charge in [-0.05, 0) is 37.1 Å². The number of nitrogens with zero attached hydrogens (tertiary/aromatic N) is 3. The number of hydrogen-bond acceptors (Lipinski definition) is 3. The van der Waals surface area contributed by atoms with E-state index in [1.165, 1.54) is 0 Å². The second kappa shape index (κ2) is 7.13. The normalized spacial score (nSPS) is 15.5. The average Bonchev–Trinajstić information content (AvgIpc) is 2.97. The maximum Gasteiger partial charge on any atom is 0.274 e. The Morgan fingerprint density at radius 3 is 2.68 bits per heavy atom. The monoisotopic (exact) mass is 340 g/mol. The first kappa shape index (κ1) is 16.8. The number of likely N-dealkylation sites (tertiary alicyclic amines) is 1. The highest BCUT2D eigenvalue weighted by Gasteiger charge is 2.23. The van der Waals surface area contributed by atoms with Crippen LogP contribution in [0.15, 0.2) is 36.5 Å². The SMILES string of the molecule is Cl.NC1CCN(C(=O)c2ccn(-c3cccc(Cl)c3)n2)CC1. The lowest BCUT2D eigenvalue weighted by Crippen LogP contribution is -2.43. The van der Waals surface area contributed by atoms with Gasteiger partial charge in [0.05, 0.1) is 5.69 Å². The van der Waals surface area contributed by atoms with Gasteiger partial charge >= 0.3 is 0 Å². The Bertz CT molecular complexity index is 650. The summed E-state index contributed by atoms with van der Waals surface area (Å²) in [5.41, 5.74) is 7.14. The highest BCUT2D eigenvalue weighted by atomic mass is 35.5. The van der Waals surface area contributed by atoms with Gasteiger partial charge in [-0.1, -0.05) is 17.7 Å². The zero-order chi connectivity index (χ0) is 14.8. The van der Waals surface area contributed by atoms with E-state index < -0.39 is 0 Å². The first-order chi connectivity index (χ1) is 10.1. The minimum Gasteiger partial charge on any atom is -0.337 e. The van der Waals surface area contributed by atoms with E-state index in [0.29, 0.717) is 23.8 Å². The molecule has 1 aliphatic rings. The molecule has 1 aromatic heterocycles. The molecule has 1 aromatic carbocycles. The molecule has 22 heavy (non-hydrogen) atoms. The summed E-state index contributed by atoms with van der Waals surface area (Å²) in [5, 5.41) is 4.99. The number of rotatable bonds is 2. The highest BCUT2D eigenvalue weighted by molar-refractivity contribution is 6.30. The van der Waals surface area contributed by atoms with Gasteiger partial charge in [0.1, 0.15) is 0 Å². The van der Waals surface area contributed by atoms with E-state index in [2.05, 4.69) is 5.10 Å². The van der Waals surface area contributed by atoms with Gasteiger partial charge in [-0.15, -0.1) is 12.4 Å². The third-order valence-electron chi connectivity index (χ3n) is 3.71. The lowest BCUT2D eigenvalue weighted by atomic mass is 10.1. The summed E-state index contributed by atoms with van der Waals surface area (Å²) in [7, 11) is 0. The van der Waals surface area contributed by atoms with Crippen molar-refractivity contribution in [2.75, 3.05) is 13.1 Å². The second-order valence-electron chi connectivity index (χ2n) is 5.26. The zero-order valence-corrected chi connectivity index (χ0v) is 13.6. The fourth-order valence-electron chi connectivity index (χ4n) is 2.46. The van der Waals surface area contributed by atoms with E-state index in [0.717, 1.165) is 18.5 Å². The molecule has 0 radical (unpaired) electrons. The van der Waals surface area contributed by atoms with Crippen molar-refractivity contribution in [2.24, 2.45) is 5.73 Å². The van der Waals surface area contributed by atoms with Gasteiger partial charge in [0.2, 0.25) is 0 Å². The van der Waals surface area contributed by atoms with Crippen LogP contribution in [-0.2, 0) is 0 Å². The molecule has 2 aromatic rings. The minimum atomic E-state index is -0.0392. The van der Waals surface area contributed by atoms with Crippen molar-refractivity contribution in [2.45, 2.75) is 18.9 Å². The van der Waals surface area contributed by atoms with Gasteiger partial charge in [-0.3, -0.25) is 4.79 Å². The van der Waals surface area contributed by atoms with E-state index in [9.17, 15) is 4.79 Å². The fourth-order valence-corrected chi connectivity index (χ4v) is 2.65. The lowest BCUT2D eigenvalue weighted by molar-refractivity contribution is 0.0708. The Morgan fingerprint density at radius 1 is 1.27 bits per heavy atom. The van der Waals surface area contributed by atoms with E-state index in [1.807, 2.05) is 23.1 Å². The molecular formula is C15H18Cl2N4O. The molecule has 1 saturated heterocycles. The number of benzene rings is 1. The quantitative estimate of drug-likeness (QED) is 0.913. The first-order valence-corrected chi connectivity index (χ1v) is 7.38. The minimum absolute atomic E-state index is 0. The van der Waals surface area contributed by atoms with E-state index in [1.54, 1.807) is 23.0 Å². The Labute approximate surface area is 140 Å². The standard InChI is InChI=1S/C15H17ClN4O.ClH/c16-11-2-1-3-13(10-11)20-9-6-14(18-20)15(21)19-7-4-12(17)5-8-19;/h1-3,6,9-10,12H,4-5,7-8,17H2;1H. The molecule has 0 bridgehead atoms. The van der Waals surface area contributed by atoms with Gasteiger partial charge < -0.3 is 10.6 Å². The molecule has 0 spiro atoms. The molecule has 0 unspecified atom stereocenters. The third kappa shape index (κ3) is 3.61. The number of carbonyl (C=O) groups excluding carboxylic acids is 1. The van der Waals surface area contributed by atoms with Crippen molar-refractivity contribution in [3.8, 4) is 5.69 Å². The molecule has 0 atom stereocenters. The largest absolute Gasteiger partial charge is 0.337 e. The molecule has 1 amide bonds. The maximum atomic E-state index is 12.4. The lowest BCUT2D eigenvalue weighted by Gasteiger charge is -2.29. The summed E-state index contributed by atoms with van der Waals surface area (Å²) in [6.45, 7) is 1.40. The van der Waals surface area contributed by atoms with Crippen molar-refractivity contribution >= 4 is 29.9 Å². The van der Waals surface area contributed by atoms with Crippen LogP contribution < -0.4 is 5.73 Å². The molecule has 3 rings (SSSR count). The molecule has 5 nitrogen and oxygen atoms in total. The maximum absolute atomic E-state index is 12.4. The summed E-state index contributed by atoms with van der Waals surface area (Å²) in [6.07, 6.45) is 3.47. The molecule has 0 saturated carbocycles. The van der Waals surface area contributed by atoms with Crippen molar-refractivity contribution < 1.29 is 4.79 Å². The Hall–Kier alpha value is -1.56. The van der Waals surface area contributed by atoms with Crippen molar-refractivity contribution in [3.05, 3.63) is 47.2 Å². The fraction of sp³-hybridized carbons (Fsp3) is 0.333. The Balaban J connectivity index is 0.00000176. The first-order valence-electron chi connectivity index (χ1n) is 7.00. The van der Waals surface area contributed by atoms with E-state index in [4.69, 9.17) is 17.3 Å². The van der Waals surface area contributed by atoms with Gasteiger partial charge in [-0.25, -0.2) is 4.68 Å². The number of halogens is 2. The average molecular weight is 341 g/mol. The van der Waals surface area contributed by atoms with E-state index in [-0.39, 0.29) is 24.4 Å². The summed E-state index contributed by atoms with van der Waals surface area (Å²) >= 11 is 5.97. The Morgan fingerprint density at radius 2 is 2.00 bits per heavy atom. The number of aromatic nitrogens is 2. The number of amides is 1. The molecule has 7 heteroatoms. The molecular weight excluding hydrogens is 323 g/mol. The molecule has 1 aliphatic heterocycles. The molecule has 2 heterocycles. The summed E-state index contributed by atoms with van der Waals surface area (Å²) in [5.74, 6) is -0.0392. The van der Waals surface area contributed by atoms with Crippen molar-refractivity contribution in [3.63, 3.8) is 0 Å². The molecule has 118 valence electrons. The summed E-state index contributed by atoms with van der Waals surface area (Å²) in [6, 6.07) is 9.30. The van der Waals surface area contributed by atoms with E-state index >= 15 is 0 Å². The number of piperidine rings is 1. The molecule has 0 aliphatic carbocycles. The highest BCUT2D eigenvalue weighted by Crippen LogP contribution is 2.16. The zero-order valence-electron chi connectivity index (χ0n) is 12.0. The summed E-state index contributed by atoms with van der Waals surface area (Å²) < 4.78 is 1.66. The van der Waals surface area contributed by atoms with Gasteiger partial charge in [0.25, 0.3) is 5.91 Å². The van der Waals surface area contributed by atoms with Crippen LogP contribution in [-0.4, -0.2) is 39.7 Å². The van der Waals surface area contributed by atoms with Crippen molar-refractivity contribution in [1.82, 2.24) is 14.7 Å². The van der Waals surface area contributed by atoms with Gasteiger partial charge in [0, 0.05) is 30.4 Å². The third-order valence-corrected chi connectivity index (χ3v) is 3.94. The van der Waals surface area contributed by atoms with Crippen LogP contribution in [0.25, 0.3) is 5.69 Å². The number of nitrogens with two attached hydrogens (primary N) is 1. The van der Waals surface area contributed by atoms with Gasteiger partial charge in [0.15, 0.2) is 5.69 Å². The van der Waals surface area contributed by atoms with Gasteiger partial charge in [-0.2, -0.15) is 5.10 Å². The van der Waals surface area contributed by atoms with Crippen molar-refractivity contribution in [1.29, 1.82) is 0 Å². The van der Waals surface area contributed by atoms with Crippen LogP contribution >= 0.6 is 24.0 Å². The topological polar surface area (TPSA) is 64.2 Å². The predicted molar refractivity (Wildman–Crippen MR) is 88.9 cm³/mol. The predicted octanol–water partition coefficient (Wildman–Crippen LogP) is 2.51. The van der Waals surface area contributed by atoms with Crippen LogP contribution in [0.3, 0.4) is 0 Å².